The van der Waals surface area contributed by atoms with Crippen LogP contribution in [0, 0.1) is 5.41 Å². The van der Waals surface area contributed by atoms with Crippen LogP contribution in [0.1, 0.15) is 94.8 Å². The molecule has 33 heavy (non-hydrogen) atoms. The van der Waals surface area contributed by atoms with E-state index in [1.165, 1.54) is 11.1 Å². The van der Waals surface area contributed by atoms with Gasteiger partial charge in [0.15, 0.2) is 0 Å². The number of fused-ring (bicyclic) bond motifs is 1. The predicted molar refractivity (Wildman–Crippen MR) is 135 cm³/mol. The van der Waals surface area contributed by atoms with E-state index in [2.05, 4.69) is 39.1 Å². The van der Waals surface area contributed by atoms with Crippen LogP contribution in [0.25, 0.3) is 0 Å². The van der Waals surface area contributed by atoms with Crippen molar-refractivity contribution >= 4 is 17.6 Å². The average molecular weight is 450 g/mol. The number of nitrogens with one attached hydrogen (secondary N) is 1. The number of carbonyl (C=O) groups excluding carboxylic acids is 2. The standard InChI is InChI=1S/C29H39NO3/c1-27(2,3)19-25(31)30-22-11-8-20(9-12-22)14-17-33-26(32)21-10-13-23-24(18-21)29(6,7)16-15-28(23,4)5/h8-13,18H,14-17,19H2,1-7H3,(H,30,31). The molecule has 0 heterocycles. The summed E-state index contributed by atoms with van der Waals surface area (Å²) in [6.07, 6.45) is 3.36. The van der Waals surface area contributed by atoms with Gasteiger partial charge in [-0.15, -0.1) is 0 Å². The van der Waals surface area contributed by atoms with Gasteiger partial charge in [0.25, 0.3) is 0 Å². The van der Waals surface area contributed by atoms with Crippen LogP contribution in [0.2, 0.25) is 0 Å². The first kappa shape index (κ1) is 25.0. The Morgan fingerprint density at radius 1 is 0.909 bits per heavy atom. The van der Waals surface area contributed by atoms with E-state index in [4.69, 9.17) is 4.74 Å². The lowest BCUT2D eigenvalue weighted by molar-refractivity contribution is -0.117. The number of amides is 1. The average Bonchev–Trinajstić information content (AvgIpc) is 2.71. The zero-order valence-electron chi connectivity index (χ0n) is 21.3. The molecule has 0 aliphatic heterocycles. The first-order valence-electron chi connectivity index (χ1n) is 12.0. The van der Waals surface area contributed by atoms with Gasteiger partial charge in [-0.2, -0.15) is 0 Å². The van der Waals surface area contributed by atoms with Crippen molar-refractivity contribution in [2.45, 2.75) is 85.0 Å². The molecule has 4 nitrogen and oxygen atoms in total. The van der Waals surface area contributed by atoms with E-state index in [9.17, 15) is 9.59 Å². The summed E-state index contributed by atoms with van der Waals surface area (Å²) in [5, 5.41) is 2.93. The Kier molecular flexibility index (Phi) is 7.07. The number of ether oxygens (including phenoxy) is 1. The van der Waals surface area contributed by atoms with Gasteiger partial charge in [-0.25, -0.2) is 4.79 Å². The molecular formula is C29H39NO3. The number of carbonyl (C=O) groups is 2. The highest BCUT2D eigenvalue weighted by Gasteiger charge is 2.37. The SMILES string of the molecule is CC(C)(C)CC(=O)Nc1ccc(CCOC(=O)c2ccc3c(c2)C(C)(C)CCC3(C)C)cc1. The molecule has 0 fully saturated rings. The van der Waals surface area contributed by atoms with E-state index in [1.54, 1.807) is 0 Å². The van der Waals surface area contributed by atoms with Gasteiger partial charge < -0.3 is 10.1 Å². The first-order chi connectivity index (χ1) is 15.3. The Hall–Kier alpha value is -2.62. The summed E-state index contributed by atoms with van der Waals surface area (Å²) in [5.41, 5.74) is 5.21. The Morgan fingerprint density at radius 3 is 2.12 bits per heavy atom. The van der Waals surface area contributed by atoms with Crippen molar-refractivity contribution in [2.24, 2.45) is 5.41 Å². The molecular weight excluding hydrogens is 410 g/mol. The molecule has 0 saturated carbocycles. The molecule has 4 heteroatoms. The molecule has 0 saturated heterocycles. The Labute approximate surface area is 199 Å². The highest BCUT2D eigenvalue weighted by atomic mass is 16.5. The number of hydrogen-bond donors (Lipinski definition) is 1. The monoisotopic (exact) mass is 449 g/mol. The van der Waals surface area contributed by atoms with Gasteiger partial charge in [0.1, 0.15) is 0 Å². The molecule has 0 aromatic heterocycles. The van der Waals surface area contributed by atoms with Crippen molar-refractivity contribution in [3.63, 3.8) is 0 Å². The number of benzene rings is 2. The predicted octanol–water partition coefficient (Wildman–Crippen LogP) is 6.81. The van der Waals surface area contributed by atoms with Crippen molar-refractivity contribution in [1.82, 2.24) is 0 Å². The van der Waals surface area contributed by atoms with E-state index in [1.807, 2.05) is 57.2 Å². The fourth-order valence-corrected chi connectivity index (χ4v) is 4.50. The van der Waals surface area contributed by atoms with E-state index in [-0.39, 0.29) is 28.1 Å². The molecule has 0 bridgehead atoms. The van der Waals surface area contributed by atoms with Crippen LogP contribution in [0.15, 0.2) is 42.5 Å². The van der Waals surface area contributed by atoms with E-state index < -0.39 is 0 Å². The number of rotatable bonds is 6. The first-order valence-corrected chi connectivity index (χ1v) is 12.0. The fraction of sp³-hybridized carbons (Fsp3) is 0.517. The van der Waals surface area contributed by atoms with Gasteiger partial charge in [-0.05, 0) is 70.0 Å². The third-order valence-corrected chi connectivity index (χ3v) is 6.64. The lowest BCUT2D eigenvalue weighted by atomic mass is 9.63. The normalized spacial score (nSPS) is 16.6. The van der Waals surface area contributed by atoms with Gasteiger partial charge in [-0.1, -0.05) is 66.7 Å². The maximum atomic E-state index is 12.7. The molecule has 2 aromatic carbocycles. The van der Waals surface area contributed by atoms with Crippen LogP contribution in [0.5, 0.6) is 0 Å². The van der Waals surface area contributed by atoms with E-state index in [0.717, 1.165) is 24.1 Å². The van der Waals surface area contributed by atoms with Gasteiger partial charge in [0.2, 0.25) is 5.91 Å². The summed E-state index contributed by atoms with van der Waals surface area (Å²) in [6.45, 7) is 15.5. The Bertz CT molecular complexity index is 1010. The zero-order chi connectivity index (χ0) is 24.4. The van der Waals surface area contributed by atoms with Crippen LogP contribution in [-0.4, -0.2) is 18.5 Å². The number of anilines is 1. The molecule has 0 spiro atoms. The summed E-state index contributed by atoms with van der Waals surface area (Å²) < 4.78 is 5.58. The minimum atomic E-state index is -0.275. The molecule has 1 amide bonds. The van der Waals surface area contributed by atoms with Crippen LogP contribution in [0.3, 0.4) is 0 Å². The summed E-state index contributed by atoms with van der Waals surface area (Å²) in [5.74, 6) is -0.260. The van der Waals surface area contributed by atoms with Crippen LogP contribution in [-0.2, 0) is 26.8 Å². The van der Waals surface area contributed by atoms with E-state index >= 15 is 0 Å². The van der Waals surface area contributed by atoms with Crippen molar-refractivity contribution in [3.05, 3.63) is 64.7 Å². The highest BCUT2D eigenvalue weighted by Crippen LogP contribution is 2.45. The van der Waals surface area contributed by atoms with Crippen molar-refractivity contribution < 1.29 is 14.3 Å². The maximum Gasteiger partial charge on any atom is 0.338 e. The van der Waals surface area contributed by atoms with Gasteiger partial charge in [0, 0.05) is 18.5 Å². The molecule has 1 N–H and O–H groups in total. The van der Waals surface area contributed by atoms with Gasteiger partial charge in [0.05, 0.1) is 12.2 Å². The minimum Gasteiger partial charge on any atom is -0.462 e. The summed E-state index contributed by atoms with van der Waals surface area (Å²) >= 11 is 0. The third kappa shape index (κ3) is 6.46. The molecule has 0 radical (unpaired) electrons. The minimum absolute atomic E-state index is 0.0146. The number of esters is 1. The van der Waals surface area contributed by atoms with Crippen LogP contribution in [0.4, 0.5) is 5.69 Å². The Morgan fingerprint density at radius 2 is 1.52 bits per heavy atom. The van der Waals surface area contributed by atoms with Crippen LogP contribution >= 0.6 is 0 Å². The third-order valence-electron chi connectivity index (χ3n) is 6.64. The van der Waals surface area contributed by atoms with Crippen molar-refractivity contribution in [3.8, 4) is 0 Å². The maximum absolute atomic E-state index is 12.7. The molecule has 1 aliphatic rings. The van der Waals surface area contributed by atoms with Crippen molar-refractivity contribution in [2.75, 3.05) is 11.9 Å². The fourth-order valence-electron chi connectivity index (χ4n) is 4.50. The lowest BCUT2D eigenvalue weighted by Gasteiger charge is -2.41. The quantitative estimate of drug-likeness (QED) is 0.493. The zero-order valence-corrected chi connectivity index (χ0v) is 21.3. The molecule has 2 aromatic rings. The molecule has 178 valence electrons. The topological polar surface area (TPSA) is 55.4 Å². The van der Waals surface area contributed by atoms with E-state index in [0.29, 0.717) is 25.0 Å². The van der Waals surface area contributed by atoms with Gasteiger partial charge >= 0.3 is 5.97 Å². The summed E-state index contributed by atoms with van der Waals surface area (Å²) in [6, 6.07) is 13.8. The largest absolute Gasteiger partial charge is 0.462 e. The summed E-state index contributed by atoms with van der Waals surface area (Å²) in [4.78, 5) is 24.8. The second-order valence-electron chi connectivity index (χ2n) is 11.9. The van der Waals surface area contributed by atoms with Gasteiger partial charge in [-0.3, -0.25) is 4.79 Å². The second kappa shape index (κ2) is 9.32. The number of hydrogen-bond acceptors (Lipinski definition) is 3. The molecule has 0 atom stereocenters. The molecule has 3 rings (SSSR count). The molecule has 0 unspecified atom stereocenters. The van der Waals surface area contributed by atoms with Crippen LogP contribution < -0.4 is 5.32 Å². The van der Waals surface area contributed by atoms with Crippen molar-refractivity contribution in [1.29, 1.82) is 0 Å². The summed E-state index contributed by atoms with van der Waals surface area (Å²) in [7, 11) is 0. The molecule has 1 aliphatic carbocycles. The lowest BCUT2D eigenvalue weighted by Crippen LogP contribution is -2.34. The second-order valence-corrected chi connectivity index (χ2v) is 11.9. The Balaban J connectivity index is 1.56. The smallest absolute Gasteiger partial charge is 0.338 e. The highest BCUT2D eigenvalue weighted by molar-refractivity contribution is 5.91.